The Labute approximate surface area is 195 Å². The fraction of sp³-hybridized carbons (Fsp3) is 0.400. The van der Waals surface area contributed by atoms with E-state index in [1.54, 1.807) is 4.31 Å². The Balaban J connectivity index is 1.58. The van der Waals surface area contributed by atoms with E-state index in [0.29, 0.717) is 25.2 Å². The number of hydrogen-bond acceptors (Lipinski definition) is 4. The van der Waals surface area contributed by atoms with Gasteiger partial charge in [0.1, 0.15) is 0 Å². The summed E-state index contributed by atoms with van der Waals surface area (Å²) in [5.74, 6) is -0.100. The van der Waals surface area contributed by atoms with E-state index in [4.69, 9.17) is 5.73 Å². The first-order chi connectivity index (χ1) is 15.8. The minimum Gasteiger partial charge on any atom is -0.366 e. The Bertz CT molecular complexity index is 1230. The number of aromatic nitrogens is 1. The second-order valence-electron chi connectivity index (χ2n) is 8.81. The fourth-order valence-corrected chi connectivity index (χ4v) is 6.15. The van der Waals surface area contributed by atoms with Crippen LogP contribution in [0, 0.1) is 0 Å². The number of rotatable bonds is 8. The molecule has 1 fully saturated rings. The van der Waals surface area contributed by atoms with Gasteiger partial charge in [-0.2, -0.15) is 0 Å². The van der Waals surface area contributed by atoms with E-state index in [1.807, 2.05) is 61.5 Å². The minimum absolute atomic E-state index is 0.150. The number of amides is 1. The van der Waals surface area contributed by atoms with E-state index in [9.17, 15) is 13.2 Å². The molecule has 1 aliphatic rings. The quantitative estimate of drug-likeness (QED) is 0.529. The number of nitrogens with two attached hydrogens (primary N) is 1. The molecule has 1 saturated heterocycles. The summed E-state index contributed by atoms with van der Waals surface area (Å²) in [6, 6.07) is 13.9. The van der Waals surface area contributed by atoms with Crippen LogP contribution in [0.2, 0.25) is 0 Å². The van der Waals surface area contributed by atoms with Gasteiger partial charge in [0.15, 0.2) is 0 Å². The highest BCUT2D eigenvalue weighted by atomic mass is 32.2. The van der Waals surface area contributed by atoms with Crippen LogP contribution in [0.4, 0.5) is 0 Å². The molecule has 4 rings (SSSR count). The summed E-state index contributed by atoms with van der Waals surface area (Å²) in [6.07, 6.45) is 3.45. The summed E-state index contributed by atoms with van der Waals surface area (Å²) in [5.41, 5.74) is 10.0. The zero-order valence-corrected chi connectivity index (χ0v) is 20.1. The summed E-state index contributed by atoms with van der Waals surface area (Å²) >= 11 is 0. The van der Waals surface area contributed by atoms with Crippen LogP contribution in [-0.4, -0.2) is 67.5 Å². The van der Waals surface area contributed by atoms with Crippen LogP contribution >= 0.6 is 0 Å². The molecule has 0 bridgehead atoms. The molecule has 2 heterocycles. The average Bonchev–Trinajstić information content (AvgIpc) is 3.26. The zero-order chi connectivity index (χ0) is 23.6. The van der Waals surface area contributed by atoms with Gasteiger partial charge in [-0.3, -0.25) is 4.79 Å². The Morgan fingerprint density at radius 3 is 2.48 bits per heavy atom. The van der Waals surface area contributed by atoms with Crippen molar-refractivity contribution in [1.29, 1.82) is 0 Å². The number of nitrogens with zero attached hydrogens (tertiary/aromatic N) is 2. The van der Waals surface area contributed by atoms with Gasteiger partial charge in [0.05, 0.1) is 16.8 Å². The lowest BCUT2D eigenvalue weighted by molar-refractivity contribution is 0.100. The smallest absolute Gasteiger partial charge is 0.250 e. The number of sulfonamides is 1. The van der Waals surface area contributed by atoms with E-state index >= 15 is 0 Å². The highest BCUT2D eigenvalue weighted by Crippen LogP contribution is 2.37. The number of H-pyrrole nitrogens is 1. The molecule has 2 aromatic carbocycles. The van der Waals surface area contributed by atoms with E-state index in [2.05, 4.69) is 11.1 Å². The van der Waals surface area contributed by atoms with Crippen molar-refractivity contribution in [3.05, 3.63) is 59.8 Å². The second kappa shape index (κ2) is 9.67. The predicted octanol–water partition coefficient (Wildman–Crippen LogP) is 3.39. The van der Waals surface area contributed by atoms with Crippen LogP contribution in [-0.2, 0) is 10.0 Å². The van der Waals surface area contributed by atoms with E-state index in [-0.39, 0.29) is 11.7 Å². The number of aromatic amines is 1. The maximum atomic E-state index is 12.8. The molecular formula is C25H32N4O3S. The summed E-state index contributed by atoms with van der Waals surface area (Å²) in [7, 11) is -1.33. The fourth-order valence-electron chi connectivity index (χ4n) is 4.59. The third kappa shape index (κ3) is 4.98. The number of benzene rings is 2. The van der Waals surface area contributed by atoms with Crippen molar-refractivity contribution in [1.82, 2.24) is 14.2 Å². The average molecular weight is 469 g/mol. The molecule has 3 N–H and O–H groups in total. The highest BCUT2D eigenvalue weighted by molar-refractivity contribution is 7.89. The van der Waals surface area contributed by atoms with Crippen molar-refractivity contribution >= 4 is 26.8 Å². The van der Waals surface area contributed by atoms with E-state index < -0.39 is 15.9 Å². The lowest BCUT2D eigenvalue weighted by Crippen LogP contribution is -2.41. The molecule has 0 radical (unpaired) electrons. The van der Waals surface area contributed by atoms with E-state index in [1.165, 1.54) is 0 Å². The van der Waals surface area contributed by atoms with Gasteiger partial charge in [0.2, 0.25) is 10.0 Å². The maximum Gasteiger partial charge on any atom is 0.250 e. The van der Waals surface area contributed by atoms with Crippen molar-refractivity contribution < 1.29 is 13.2 Å². The Morgan fingerprint density at radius 1 is 1.15 bits per heavy atom. The van der Waals surface area contributed by atoms with Gasteiger partial charge >= 0.3 is 0 Å². The van der Waals surface area contributed by atoms with Gasteiger partial charge in [-0.1, -0.05) is 37.3 Å². The van der Waals surface area contributed by atoms with Crippen LogP contribution in [0.15, 0.2) is 48.7 Å². The van der Waals surface area contributed by atoms with Gasteiger partial charge < -0.3 is 15.6 Å². The molecule has 1 amide bonds. The van der Waals surface area contributed by atoms with Gasteiger partial charge in [0, 0.05) is 31.2 Å². The molecule has 1 aromatic heterocycles. The molecule has 0 saturated carbocycles. The second-order valence-corrected chi connectivity index (χ2v) is 10.9. The predicted molar refractivity (Wildman–Crippen MR) is 133 cm³/mol. The standard InChI is InChI=1S/C25H32N4O3S/c1-3-28(2)13-14-33(31,32)29-11-9-19(10-12-29)23-17-27-24-21(23)15-20(16-22(24)25(26)30)18-7-5-4-6-8-18/h4-8,15-17,19,27H,3,9-14H2,1-2H3,(H2,26,30). The number of nitrogens with one attached hydrogen (secondary N) is 1. The molecule has 33 heavy (non-hydrogen) atoms. The third-order valence-electron chi connectivity index (χ3n) is 6.75. The lowest BCUT2D eigenvalue weighted by atomic mass is 9.88. The topological polar surface area (TPSA) is 99.5 Å². The lowest BCUT2D eigenvalue weighted by Gasteiger charge is -2.31. The van der Waals surface area contributed by atoms with Gasteiger partial charge in [-0.25, -0.2) is 12.7 Å². The van der Waals surface area contributed by atoms with Crippen LogP contribution < -0.4 is 5.73 Å². The first-order valence-electron chi connectivity index (χ1n) is 11.5. The third-order valence-corrected chi connectivity index (χ3v) is 8.60. The van der Waals surface area contributed by atoms with Crippen LogP contribution in [0.5, 0.6) is 0 Å². The zero-order valence-electron chi connectivity index (χ0n) is 19.3. The SMILES string of the molecule is CCN(C)CCS(=O)(=O)N1CCC(c2c[nH]c3c(C(N)=O)cc(-c4ccccc4)cc23)CC1. The Morgan fingerprint density at radius 2 is 1.85 bits per heavy atom. The number of hydrogen-bond donors (Lipinski definition) is 2. The molecule has 0 atom stereocenters. The molecule has 8 heteroatoms. The molecule has 1 aliphatic heterocycles. The summed E-state index contributed by atoms with van der Waals surface area (Å²) in [4.78, 5) is 17.5. The van der Waals surface area contributed by atoms with Crippen LogP contribution in [0.3, 0.4) is 0 Å². The first-order valence-corrected chi connectivity index (χ1v) is 13.1. The molecule has 0 aliphatic carbocycles. The monoisotopic (exact) mass is 468 g/mol. The van der Waals surface area contributed by atoms with Gasteiger partial charge in [-0.15, -0.1) is 0 Å². The van der Waals surface area contributed by atoms with E-state index in [0.717, 1.165) is 47.0 Å². The Hall–Kier alpha value is -2.68. The Kier molecular flexibility index (Phi) is 6.88. The van der Waals surface area contributed by atoms with Crippen molar-refractivity contribution in [3.63, 3.8) is 0 Å². The normalized spacial score (nSPS) is 16.0. The van der Waals surface area contributed by atoms with Crippen molar-refractivity contribution in [2.45, 2.75) is 25.7 Å². The van der Waals surface area contributed by atoms with Crippen LogP contribution in [0.25, 0.3) is 22.0 Å². The summed E-state index contributed by atoms with van der Waals surface area (Å²) in [6.45, 7) is 4.41. The largest absolute Gasteiger partial charge is 0.366 e. The molecule has 0 spiro atoms. The molecule has 176 valence electrons. The number of fused-ring (bicyclic) bond motifs is 1. The summed E-state index contributed by atoms with van der Waals surface area (Å²) < 4.78 is 27.2. The maximum absolute atomic E-state index is 12.8. The van der Waals surface area contributed by atoms with Crippen molar-refractivity contribution in [2.24, 2.45) is 5.73 Å². The van der Waals surface area contributed by atoms with Crippen LogP contribution in [0.1, 0.15) is 41.6 Å². The van der Waals surface area contributed by atoms with Crippen molar-refractivity contribution in [3.8, 4) is 11.1 Å². The number of carbonyl (C=O) groups is 1. The number of carbonyl (C=O) groups excluding carboxylic acids is 1. The number of primary amides is 1. The van der Waals surface area contributed by atoms with Gasteiger partial charge in [0.25, 0.3) is 5.91 Å². The highest BCUT2D eigenvalue weighted by Gasteiger charge is 2.30. The molecule has 0 unspecified atom stereocenters. The molecule has 3 aromatic rings. The summed E-state index contributed by atoms with van der Waals surface area (Å²) in [5, 5.41) is 0.982. The minimum atomic E-state index is -3.26. The van der Waals surface area contributed by atoms with Gasteiger partial charge in [-0.05, 0) is 61.2 Å². The number of piperidine rings is 1. The first kappa shape index (κ1) is 23.5. The van der Waals surface area contributed by atoms with Crippen molar-refractivity contribution in [2.75, 3.05) is 39.0 Å². The molecule has 7 nitrogen and oxygen atoms in total. The molecular weight excluding hydrogens is 436 g/mol.